The van der Waals surface area contributed by atoms with Crippen LogP contribution in [0.25, 0.3) is 0 Å². The number of hydrogen-bond donors (Lipinski definition) is 0. The van der Waals surface area contributed by atoms with Crippen LogP contribution in [0.2, 0.25) is 0 Å². The van der Waals surface area contributed by atoms with Gasteiger partial charge in [-0.05, 0) is 43.0 Å². The summed E-state index contributed by atoms with van der Waals surface area (Å²) in [5.41, 5.74) is 1.26. The molecule has 1 atom stereocenters. The highest BCUT2D eigenvalue weighted by Crippen LogP contribution is 2.33. The zero-order valence-corrected chi connectivity index (χ0v) is 14.6. The molecule has 130 valence electrons. The van der Waals surface area contributed by atoms with Gasteiger partial charge in [0, 0.05) is 19.0 Å². The fourth-order valence-corrected chi connectivity index (χ4v) is 3.18. The van der Waals surface area contributed by atoms with Gasteiger partial charge in [0.25, 0.3) is 0 Å². The standard InChI is InChI=1S/C18H25N3O3/c1-4-5-17-19-18(24-20-17)12-21-7-6-13(11-21)14-8-15(22-2)10-16(9-14)23-3/h8-10,13H,4-7,11-12H2,1-3H3. The van der Waals surface area contributed by atoms with Crippen molar-refractivity contribution in [2.75, 3.05) is 27.3 Å². The van der Waals surface area contributed by atoms with E-state index >= 15 is 0 Å². The Bertz CT molecular complexity index is 649. The van der Waals surface area contributed by atoms with Crippen LogP contribution in [0.15, 0.2) is 22.7 Å². The molecular formula is C18H25N3O3. The van der Waals surface area contributed by atoms with E-state index in [0.29, 0.717) is 18.4 Å². The molecule has 1 unspecified atom stereocenters. The molecule has 6 nitrogen and oxygen atoms in total. The van der Waals surface area contributed by atoms with Gasteiger partial charge in [-0.25, -0.2) is 0 Å². The molecule has 0 radical (unpaired) electrons. The molecule has 2 aromatic rings. The number of benzene rings is 1. The number of hydrogen-bond acceptors (Lipinski definition) is 6. The molecule has 2 heterocycles. The van der Waals surface area contributed by atoms with Gasteiger partial charge in [-0.1, -0.05) is 12.1 Å². The molecule has 24 heavy (non-hydrogen) atoms. The Hall–Kier alpha value is -2.08. The minimum Gasteiger partial charge on any atom is -0.497 e. The van der Waals surface area contributed by atoms with E-state index < -0.39 is 0 Å². The number of aryl methyl sites for hydroxylation is 1. The maximum absolute atomic E-state index is 5.38. The molecule has 0 bridgehead atoms. The van der Waals surface area contributed by atoms with E-state index in [2.05, 4.69) is 34.1 Å². The smallest absolute Gasteiger partial charge is 0.240 e. The molecule has 1 fully saturated rings. The van der Waals surface area contributed by atoms with Crippen molar-refractivity contribution >= 4 is 0 Å². The van der Waals surface area contributed by atoms with Gasteiger partial charge in [-0.2, -0.15) is 4.98 Å². The summed E-state index contributed by atoms with van der Waals surface area (Å²) < 4.78 is 16.1. The maximum atomic E-state index is 5.38. The lowest BCUT2D eigenvalue weighted by Crippen LogP contribution is -2.20. The predicted molar refractivity (Wildman–Crippen MR) is 90.5 cm³/mol. The average molecular weight is 331 g/mol. The summed E-state index contributed by atoms with van der Waals surface area (Å²) in [5, 5.41) is 4.02. The number of rotatable bonds is 7. The minimum absolute atomic E-state index is 0.465. The summed E-state index contributed by atoms with van der Waals surface area (Å²) in [6, 6.07) is 6.11. The normalized spacial score (nSPS) is 18.0. The van der Waals surface area contributed by atoms with Gasteiger partial charge in [-0.3, -0.25) is 4.90 Å². The van der Waals surface area contributed by atoms with E-state index in [0.717, 1.165) is 49.7 Å². The summed E-state index contributed by atoms with van der Waals surface area (Å²) in [6.07, 6.45) is 3.00. The molecule has 6 heteroatoms. The molecule has 0 aliphatic carbocycles. The highest BCUT2D eigenvalue weighted by Gasteiger charge is 2.26. The van der Waals surface area contributed by atoms with Crippen LogP contribution in [0.4, 0.5) is 0 Å². The maximum Gasteiger partial charge on any atom is 0.240 e. The number of likely N-dealkylation sites (tertiary alicyclic amines) is 1. The van der Waals surface area contributed by atoms with Crippen LogP contribution in [0.5, 0.6) is 11.5 Å². The summed E-state index contributed by atoms with van der Waals surface area (Å²) in [7, 11) is 3.37. The van der Waals surface area contributed by atoms with Gasteiger partial charge in [0.2, 0.25) is 5.89 Å². The van der Waals surface area contributed by atoms with E-state index in [1.807, 2.05) is 6.07 Å². The van der Waals surface area contributed by atoms with Crippen LogP contribution in [0.1, 0.15) is 43.0 Å². The topological polar surface area (TPSA) is 60.6 Å². The summed E-state index contributed by atoms with van der Waals surface area (Å²) >= 11 is 0. The number of nitrogens with zero attached hydrogens (tertiary/aromatic N) is 3. The van der Waals surface area contributed by atoms with Crippen LogP contribution < -0.4 is 9.47 Å². The third-order valence-corrected chi connectivity index (χ3v) is 4.46. The van der Waals surface area contributed by atoms with Gasteiger partial charge in [0.05, 0.1) is 20.8 Å². The first kappa shape index (κ1) is 16.8. The second kappa shape index (κ2) is 7.66. The Balaban J connectivity index is 1.64. The Labute approximate surface area is 142 Å². The first-order chi connectivity index (χ1) is 11.7. The Morgan fingerprint density at radius 2 is 1.96 bits per heavy atom. The van der Waals surface area contributed by atoms with Crippen molar-refractivity contribution in [1.29, 1.82) is 0 Å². The summed E-state index contributed by atoms with van der Waals surface area (Å²) in [4.78, 5) is 6.82. The van der Waals surface area contributed by atoms with Gasteiger partial charge in [0.15, 0.2) is 5.82 Å². The van der Waals surface area contributed by atoms with E-state index in [-0.39, 0.29) is 0 Å². The molecule has 0 spiro atoms. The molecule has 1 aliphatic heterocycles. The Kier molecular flexibility index (Phi) is 5.35. The SMILES string of the molecule is CCCc1noc(CN2CCC(c3cc(OC)cc(OC)c3)C2)n1. The van der Waals surface area contributed by atoms with E-state index in [4.69, 9.17) is 14.0 Å². The quantitative estimate of drug-likeness (QED) is 0.777. The number of ether oxygens (including phenoxy) is 2. The van der Waals surface area contributed by atoms with Gasteiger partial charge in [0.1, 0.15) is 11.5 Å². The molecule has 1 aliphatic rings. The van der Waals surface area contributed by atoms with E-state index in [1.165, 1.54) is 5.56 Å². The average Bonchev–Trinajstić information content (AvgIpc) is 3.25. The predicted octanol–water partition coefficient (Wildman–Crippen LogP) is 3.03. The Morgan fingerprint density at radius 3 is 2.62 bits per heavy atom. The molecule has 0 amide bonds. The lowest BCUT2D eigenvalue weighted by atomic mass is 9.98. The van der Waals surface area contributed by atoms with Crippen molar-refractivity contribution in [2.24, 2.45) is 0 Å². The second-order valence-corrected chi connectivity index (χ2v) is 6.22. The largest absolute Gasteiger partial charge is 0.497 e. The fourth-order valence-electron chi connectivity index (χ4n) is 3.18. The minimum atomic E-state index is 0.465. The summed E-state index contributed by atoms with van der Waals surface area (Å²) in [5.74, 6) is 3.66. The molecule has 1 aromatic heterocycles. The zero-order chi connectivity index (χ0) is 16.9. The zero-order valence-electron chi connectivity index (χ0n) is 14.6. The third-order valence-electron chi connectivity index (χ3n) is 4.46. The first-order valence-corrected chi connectivity index (χ1v) is 8.48. The Morgan fingerprint density at radius 1 is 1.21 bits per heavy atom. The van der Waals surface area contributed by atoms with Gasteiger partial charge in [-0.15, -0.1) is 0 Å². The van der Waals surface area contributed by atoms with Crippen LogP contribution in [0, 0.1) is 0 Å². The lowest BCUT2D eigenvalue weighted by molar-refractivity contribution is 0.265. The monoisotopic (exact) mass is 331 g/mol. The van der Waals surface area contributed by atoms with E-state index in [9.17, 15) is 0 Å². The van der Waals surface area contributed by atoms with Crippen molar-refractivity contribution in [3.63, 3.8) is 0 Å². The van der Waals surface area contributed by atoms with Gasteiger partial charge >= 0.3 is 0 Å². The van der Waals surface area contributed by atoms with Crippen LogP contribution in [-0.2, 0) is 13.0 Å². The number of methoxy groups -OCH3 is 2. The van der Waals surface area contributed by atoms with Crippen LogP contribution in [0.3, 0.4) is 0 Å². The van der Waals surface area contributed by atoms with Gasteiger partial charge < -0.3 is 14.0 Å². The van der Waals surface area contributed by atoms with Crippen LogP contribution >= 0.6 is 0 Å². The van der Waals surface area contributed by atoms with Crippen LogP contribution in [-0.4, -0.2) is 42.3 Å². The second-order valence-electron chi connectivity index (χ2n) is 6.22. The highest BCUT2D eigenvalue weighted by atomic mass is 16.5. The summed E-state index contributed by atoms with van der Waals surface area (Å²) in [6.45, 7) is 4.83. The first-order valence-electron chi connectivity index (χ1n) is 8.48. The molecule has 1 saturated heterocycles. The number of aromatic nitrogens is 2. The van der Waals surface area contributed by atoms with E-state index in [1.54, 1.807) is 14.2 Å². The molecule has 0 N–H and O–H groups in total. The highest BCUT2D eigenvalue weighted by molar-refractivity contribution is 5.40. The fraction of sp³-hybridized carbons (Fsp3) is 0.556. The molecule has 1 aromatic carbocycles. The third kappa shape index (κ3) is 3.87. The molecular weight excluding hydrogens is 306 g/mol. The lowest BCUT2D eigenvalue weighted by Gasteiger charge is -2.15. The van der Waals surface area contributed by atoms with Crippen molar-refractivity contribution < 1.29 is 14.0 Å². The van der Waals surface area contributed by atoms with Crippen molar-refractivity contribution in [3.05, 3.63) is 35.5 Å². The van der Waals surface area contributed by atoms with Crippen molar-refractivity contribution in [3.8, 4) is 11.5 Å². The molecule has 3 rings (SSSR count). The van der Waals surface area contributed by atoms with Crippen molar-refractivity contribution in [1.82, 2.24) is 15.0 Å². The molecule has 0 saturated carbocycles. The van der Waals surface area contributed by atoms with Crippen molar-refractivity contribution in [2.45, 2.75) is 38.6 Å².